The van der Waals surface area contributed by atoms with Gasteiger partial charge in [0.2, 0.25) is 0 Å². The highest BCUT2D eigenvalue weighted by atomic mass is 32.1. The maximum atomic E-state index is 12.4. The van der Waals surface area contributed by atoms with Crippen LogP contribution in [-0.4, -0.2) is 22.8 Å². The Morgan fingerprint density at radius 1 is 1.09 bits per heavy atom. The summed E-state index contributed by atoms with van der Waals surface area (Å²) in [4.78, 5) is 13.8. The average Bonchev–Trinajstić information content (AvgIpc) is 2.94. The summed E-state index contributed by atoms with van der Waals surface area (Å²) in [6.45, 7) is 2.06. The van der Waals surface area contributed by atoms with E-state index >= 15 is 0 Å². The van der Waals surface area contributed by atoms with Crippen LogP contribution in [0.25, 0.3) is 0 Å². The fraction of sp³-hybridized carbons (Fsp3) is 0.222. The van der Waals surface area contributed by atoms with Crippen LogP contribution in [-0.2, 0) is 9.47 Å². The van der Waals surface area contributed by atoms with Gasteiger partial charge >= 0.3 is 6.09 Å². The van der Waals surface area contributed by atoms with E-state index in [1.165, 1.54) is 4.90 Å². The van der Waals surface area contributed by atoms with E-state index in [4.69, 9.17) is 21.7 Å². The lowest BCUT2D eigenvalue weighted by molar-refractivity contribution is 0.116. The number of nitrogens with zero attached hydrogens (tertiary/aromatic N) is 1. The van der Waals surface area contributed by atoms with Crippen molar-refractivity contribution in [2.75, 3.05) is 6.61 Å². The Morgan fingerprint density at radius 3 is 2.22 bits per heavy atom. The zero-order chi connectivity index (χ0) is 16.2. The maximum Gasteiger partial charge on any atom is 0.418 e. The van der Waals surface area contributed by atoms with Crippen LogP contribution >= 0.6 is 12.2 Å². The fourth-order valence-electron chi connectivity index (χ4n) is 2.73. The van der Waals surface area contributed by atoms with Crippen LogP contribution in [0.15, 0.2) is 60.7 Å². The quantitative estimate of drug-likeness (QED) is 0.790. The summed E-state index contributed by atoms with van der Waals surface area (Å²) in [5.74, 6) is 0. The van der Waals surface area contributed by atoms with Gasteiger partial charge in [-0.05, 0) is 30.3 Å². The fourth-order valence-corrected chi connectivity index (χ4v) is 3.02. The number of carbonyl (C=O) groups excluding carboxylic acids is 1. The van der Waals surface area contributed by atoms with Crippen LogP contribution in [0.3, 0.4) is 0 Å². The summed E-state index contributed by atoms with van der Waals surface area (Å²) >= 11 is 5.29. The highest BCUT2D eigenvalue weighted by Crippen LogP contribution is 2.43. The highest BCUT2D eigenvalue weighted by Gasteiger charge is 2.45. The van der Waals surface area contributed by atoms with Crippen molar-refractivity contribution in [1.29, 1.82) is 0 Å². The minimum Gasteiger partial charge on any atom is -0.460 e. The number of hydrogen-bond acceptors (Lipinski definition) is 4. The molecule has 1 saturated heterocycles. The highest BCUT2D eigenvalue weighted by molar-refractivity contribution is 7.80. The normalized spacial score (nSPS) is 20.2. The zero-order valence-electron chi connectivity index (χ0n) is 12.7. The van der Waals surface area contributed by atoms with Crippen molar-refractivity contribution in [3.63, 3.8) is 0 Å². The molecule has 0 spiro atoms. The van der Waals surface area contributed by atoms with E-state index < -0.39 is 6.09 Å². The molecule has 2 aromatic rings. The first-order valence-electron chi connectivity index (χ1n) is 7.49. The second-order valence-corrected chi connectivity index (χ2v) is 5.49. The summed E-state index contributed by atoms with van der Waals surface area (Å²) in [5.41, 5.74) is 1.92. The van der Waals surface area contributed by atoms with Crippen LogP contribution < -0.4 is 0 Å². The van der Waals surface area contributed by atoms with E-state index in [1.54, 1.807) is 6.92 Å². The van der Waals surface area contributed by atoms with Crippen LogP contribution in [0.2, 0.25) is 0 Å². The van der Waals surface area contributed by atoms with Crippen molar-refractivity contribution in [3.05, 3.63) is 71.8 Å². The summed E-state index contributed by atoms with van der Waals surface area (Å²) < 4.78 is 11.0. The van der Waals surface area contributed by atoms with Gasteiger partial charge in [0.05, 0.1) is 6.61 Å². The van der Waals surface area contributed by atoms with E-state index in [0.717, 1.165) is 11.1 Å². The van der Waals surface area contributed by atoms with Gasteiger partial charge < -0.3 is 9.47 Å². The first-order chi connectivity index (χ1) is 11.2. The monoisotopic (exact) mass is 327 g/mol. The Kier molecular flexibility index (Phi) is 4.57. The summed E-state index contributed by atoms with van der Waals surface area (Å²) in [5, 5.41) is 0.145. The molecule has 0 N–H and O–H groups in total. The molecular weight excluding hydrogens is 310 g/mol. The first-order valence-corrected chi connectivity index (χ1v) is 7.89. The molecule has 0 saturated carbocycles. The number of rotatable bonds is 3. The third-order valence-electron chi connectivity index (χ3n) is 3.72. The molecule has 2 aromatic carbocycles. The van der Waals surface area contributed by atoms with Crippen molar-refractivity contribution in [1.82, 2.24) is 4.90 Å². The van der Waals surface area contributed by atoms with E-state index in [9.17, 15) is 4.79 Å². The average molecular weight is 327 g/mol. The van der Waals surface area contributed by atoms with Gasteiger partial charge in [-0.3, -0.25) is 0 Å². The third kappa shape index (κ3) is 3.05. The molecular formula is C18H17NO3S. The molecule has 1 heterocycles. The predicted octanol–water partition coefficient (Wildman–Crippen LogP) is 4.24. The van der Waals surface area contributed by atoms with Crippen molar-refractivity contribution in [2.45, 2.75) is 19.1 Å². The Morgan fingerprint density at radius 2 is 1.65 bits per heavy atom. The summed E-state index contributed by atoms with van der Waals surface area (Å²) in [6, 6.07) is 19.1. The van der Waals surface area contributed by atoms with Gasteiger partial charge in [0, 0.05) is 0 Å². The number of hydrogen-bond donors (Lipinski definition) is 0. The maximum absolute atomic E-state index is 12.4. The van der Waals surface area contributed by atoms with Gasteiger partial charge in [-0.2, -0.15) is 0 Å². The second kappa shape index (κ2) is 6.79. The van der Waals surface area contributed by atoms with Crippen molar-refractivity contribution >= 4 is 23.5 Å². The molecule has 4 nitrogen and oxygen atoms in total. The molecule has 118 valence electrons. The molecule has 2 atom stereocenters. The first kappa shape index (κ1) is 15.5. The molecule has 23 heavy (non-hydrogen) atoms. The van der Waals surface area contributed by atoms with Crippen LogP contribution in [0.5, 0.6) is 0 Å². The van der Waals surface area contributed by atoms with Crippen molar-refractivity contribution in [2.24, 2.45) is 0 Å². The smallest absolute Gasteiger partial charge is 0.418 e. The summed E-state index contributed by atoms with van der Waals surface area (Å²) in [7, 11) is 0. The number of carbonyl (C=O) groups is 1. The van der Waals surface area contributed by atoms with E-state index in [-0.39, 0.29) is 23.9 Å². The third-order valence-corrected chi connectivity index (χ3v) is 4.02. The van der Waals surface area contributed by atoms with Gasteiger partial charge in [-0.1, -0.05) is 60.7 Å². The van der Waals surface area contributed by atoms with Crippen LogP contribution in [0.1, 0.15) is 30.2 Å². The lowest BCUT2D eigenvalue weighted by Gasteiger charge is -2.24. The SMILES string of the molecule is CCOC(=O)N1C(=S)O[C@@H](c2ccccc2)[C@@H]1c1ccccc1. The molecule has 1 aliphatic rings. The Balaban J connectivity index is 2.03. The van der Waals surface area contributed by atoms with E-state index in [0.29, 0.717) is 0 Å². The molecule has 0 radical (unpaired) electrons. The Hall–Kier alpha value is -2.40. The van der Waals surface area contributed by atoms with E-state index in [1.807, 2.05) is 60.7 Å². The largest absolute Gasteiger partial charge is 0.460 e. The molecule has 0 unspecified atom stereocenters. The molecule has 0 aromatic heterocycles. The van der Waals surface area contributed by atoms with Gasteiger partial charge in [0.1, 0.15) is 6.04 Å². The van der Waals surface area contributed by atoms with Gasteiger partial charge in [0.15, 0.2) is 6.10 Å². The minimum absolute atomic E-state index is 0.145. The van der Waals surface area contributed by atoms with Crippen molar-refractivity contribution < 1.29 is 14.3 Å². The molecule has 1 aliphatic heterocycles. The van der Waals surface area contributed by atoms with Gasteiger partial charge in [-0.25, -0.2) is 9.69 Å². The van der Waals surface area contributed by atoms with Crippen molar-refractivity contribution in [3.8, 4) is 0 Å². The summed E-state index contributed by atoms with van der Waals surface area (Å²) in [6.07, 6.45) is -0.833. The van der Waals surface area contributed by atoms with Gasteiger partial charge in [-0.15, -0.1) is 0 Å². The van der Waals surface area contributed by atoms with Gasteiger partial charge in [0.25, 0.3) is 5.17 Å². The standard InChI is InChI=1S/C18H17NO3S/c1-2-21-17(20)19-15(13-9-5-3-6-10-13)16(22-18(19)23)14-11-7-4-8-12-14/h3-12,15-16H,2H2,1H3/t15-,16-/m0/s1. The number of thiocarbonyl (C=S) groups is 1. The van der Waals surface area contributed by atoms with Crippen LogP contribution in [0.4, 0.5) is 4.79 Å². The molecule has 0 aliphatic carbocycles. The Bertz CT molecular complexity index is 690. The number of benzene rings is 2. The molecule has 1 amide bonds. The topological polar surface area (TPSA) is 38.8 Å². The number of amides is 1. The van der Waals surface area contributed by atoms with Crippen LogP contribution in [0, 0.1) is 0 Å². The molecule has 0 bridgehead atoms. The minimum atomic E-state index is -0.482. The lowest BCUT2D eigenvalue weighted by Crippen LogP contribution is -2.34. The predicted molar refractivity (Wildman–Crippen MR) is 90.9 cm³/mol. The zero-order valence-corrected chi connectivity index (χ0v) is 13.5. The second-order valence-electron chi connectivity index (χ2n) is 5.14. The molecule has 5 heteroatoms. The lowest BCUT2D eigenvalue weighted by atomic mass is 9.96. The molecule has 1 fully saturated rings. The molecule has 3 rings (SSSR count). The number of ether oxygens (including phenoxy) is 2. The Labute approximate surface area is 140 Å². The van der Waals surface area contributed by atoms with E-state index in [2.05, 4.69) is 0 Å².